The Morgan fingerprint density at radius 1 is 1.45 bits per heavy atom. The topological polar surface area (TPSA) is 53.6 Å². The molecule has 4 nitrogen and oxygen atoms in total. The van der Waals surface area contributed by atoms with E-state index in [1.54, 1.807) is 6.20 Å². The van der Waals surface area contributed by atoms with Crippen LogP contribution in [0.15, 0.2) is 36.7 Å². The Bertz CT molecular complexity index is 595. The number of nitriles is 1. The second-order valence-corrected chi connectivity index (χ2v) is 4.90. The summed E-state index contributed by atoms with van der Waals surface area (Å²) in [7, 11) is 0. The van der Waals surface area contributed by atoms with Crippen molar-refractivity contribution in [3.05, 3.63) is 53.6 Å². The fourth-order valence-corrected chi connectivity index (χ4v) is 2.26. The van der Waals surface area contributed by atoms with Gasteiger partial charge >= 0.3 is 0 Å². The van der Waals surface area contributed by atoms with Gasteiger partial charge in [-0.05, 0) is 49.7 Å². The van der Waals surface area contributed by atoms with Gasteiger partial charge in [-0.25, -0.2) is 4.98 Å². The van der Waals surface area contributed by atoms with Gasteiger partial charge in [0, 0.05) is 30.7 Å². The molecule has 2 aromatic heterocycles. The minimum Gasteiger partial charge on any atom is -0.346 e. The zero-order chi connectivity index (χ0) is 14.4. The molecule has 0 fully saturated rings. The van der Waals surface area contributed by atoms with E-state index in [2.05, 4.69) is 53.1 Å². The molecule has 2 rings (SSSR count). The van der Waals surface area contributed by atoms with Gasteiger partial charge in [0.25, 0.3) is 0 Å². The summed E-state index contributed by atoms with van der Waals surface area (Å²) < 4.78 is 2.21. The van der Waals surface area contributed by atoms with Crippen LogP contribution < -0.4 is 5.32 Å². The van der Waals surface area contributed by atoms with Crippen molar-refractivity contribution in [2.24, 2.45) is 0 Å². The van der Waals surface area contributed by atoms with Gasteiger partial charge < -0.3 is 9.88 Å². The highest BCUT2D eigenvalue weighted by Gasteiger charge is 2.09. The maximum absolute atomic E-state index is 8.90. The molecule has 0 aromatic carbocycles. The summed E-state index contributed by atoms with van der Waals surface area (Å²) in [5, 5.41) is 12.4. The molecular weight excluding hydrogens is 248 g/mol. The summed E-state index contributed by atoms with van der Waals surface area (Å²) in [4.78, 5) is 4.00. The summed E-state index contributed by atoms with van der Waals surface area (Å²) in [6.45, 7) is 6.12. The molecule has 0 aliphatic carbocycles. The Morgan fingerprint density at radius 3 is 3.05 bits per heavy atom. The van der Waals surface area contributed by atoms with E-state index in [0.29, 0.717) is 11.7 Å². The molecule has 104 valence electrons. The van der Waals surface area contributed by atoms with Crippen molar-refractivity contribution in [1.29, 1.82) is 5.26 Å². The van der Waals surface area contributed by atoms with E-state index in [9.17, 15) is 0 Å². The molecule has 1 atom stereocenters. The third-order valence-electron chi connectivity index (χ3n) is 3.30. The van der Waals surface area contributed by atoms with Crippen LogP contribution in [0.4, 0.5) is 0 Å². The number of hydrogen-bond acceptors (Lipinski definition) is 3. The monoisotopic (exact) mass is 268 g/mol. The van der Waals surface area contributed by atoms with Gasteiger partial charge in [-0.3, -0.25) is 0 Å². The molecule has 0 saturated heterocycles. The molecule has 0 bridgehead atoms. The number of nitrogens with one attached hydrogen (secondary N) is 1. The van der Waals surface area contributed by atoms with E-state index in [1.165, 1.54) is 5.69 Å². The first-order valence-electron chi connectivity index (χ1n) is 6.98. The van der Waals surface area contributed by atoms with Crippen LogP contribution in [0.5, 0.6) is 0 Å². The molecule has 0 amide bonds. The number of rotatable bonds is 6. The molecule has 2 heterocycles. The lowest BCUT2D eigenvalue weighted by atomic mass is 10.2. The lowest BCUT2D eigenvalue weighted by Crippen LogP contribution is -2.22. The lowest BCUT2D eigenvalue weighted by molar-refractivity contribution is 0.534. The van der Waals surface area contributed by atoms with E-state index < -0.39 is 0 Å². The third-order valence-corrected chi connectivity index (χ3v) is 3.30. The van der Waals surface area contributed by atoms with Crippen LogP contribution in [0.2, 0.25) is 0 Å². The molecule has 0 aliphatic heterocycles. The van der Waals surface area contributed by atoms with Crippen LogP contribution in [0.3, 0.4) is 0 Å². The minimum absolute atomic E-state index is 0.322. The van der Waals surface area contributed by atoms with E-state index in [4.69, 9.17) is 5.26 Å². The van der Waals surface area contributed by atoms with Crippen molar-refractivity contribution in [1.82, 2.24) is 14.9 Å². The third kappa shape index (κ3) is 3.46. The van der Waals surface area contributed by atoms with Crippen LogP contribution in [0.1, 0.15) is 43.3 Å². The first-order chi connectivity index (χ1) is 9.74. The van der Waals surface area contributed by atoms with Gasteiger partial charge in [0.1, 0.15) is 11.8 Å². The van der Waals surface area contributed by atoms with Gasteiger partial charge in [-0.1, -0.05) is 6.92 Å². The molecule has 0 spiro atoms. The van der Waals surface area contributed by atoms with Crippen molar-refractivity contribution >= 4 is 0 Å². The first kappa shape index (κ1) is 14.3. The van der Waals surface area contributed by atoms with Crippen molar-refractivity contribution in [2.75, 3.05) is 6.54 Å². The Balaban J connectivity index is 2.14. The summed E-state index contributed by atoms with van der Waals surface area (Å²) in [5.41, 5.74) is 2.82. The van der Waals surface area contributed by atoms with Gasteiger partial charge in [0.2, 0.25) is 0 Å². The average molecular weight is 268 g/mol. The first-order valence-corrected chi connectivity index (χ1v) is 6.98. The van der Waals surface area contributed by atoms with Crippen molar-refractivity contribution in [3.8, 4) is 6.07 Å². The standard InChI is InChI=1S/C16H20N4/c1-3-7-18-13(2)16-5-4-9-20(16)12-14-6-8-19-15(10-14)11-17/h4-6,8-10,13,18H,3,7,12H2,1-2H3. The highest BCUT2D eigenvalue weighted by molar-refractivity contribution is 5.26. The van der Waals surface area contributed by atoms with Crippen molar-refractivity contribution in [2.45, 2.75) is 32.9 Å². The predicted octanol–water partition coefficient (Wildman–Crippen LogP) is 2.86. The summed E-state index contributed by atoms with van der Waals surface area (Å²) in [6.07, 6.45) is 4.89. The van der Waals surface area contributed by atoms with Gasteiger partial charge in [-0.15, -0.1) is 0 Å². The average Bonchev–Trinajstić information content (AvgIpc) is 2.93. The molecule has 0 radical (unpaired) electrons. The Labute approximate surface area is 120 Å². The van der Waals surface area contributed by atoms with Gasteiger partial charge in [0.15, 0.2) is 0 Å². The zero-order valence-electron chi connectivity index (χ0n) is 12.0. The van der Waals surface area contributed by atoms with Crippen molar-refractivity contribution < 1.29 is 0 Å². The predicted molar refractivity (Wildman–Crippen MR) is 79.2 cm³/mol. The van der Waals surface area contributed by atoms with E-state index in [1.807, 2.05) is 12.1 Å². The molecule has 1 unspecified atom stereocenters. The largest absolute Gasteiger partial charge is 0.346 e. The molecule has 0 saturated carbocycles. The lowest BCUT2D eigenvalue weighted by Gasteiger charge is -2.17. The molecule has 2 aromatic rings. The Hall–Kier alpha value is -2.12. The zero-order valence-corrected chi connectivity index (χ0v) is 12.0. The van der Waals surface area contributed by atoms with Crippen LogP contribution in [-0.4, -0.2) is 16.1 Å². The highest BCUT2D eigenvalue weighted by atomic mass is 15.0. The van der Waals surface area contributed by atoms with E-state index in [-0.39, 0.29) is 0 Å². The quantitative estimate of drug-likeness (QED) is 0.876. The highest BCUT2D eigenvalue weighted by Crippen LogP contribution is 2.15. The van der Waals surface area contributed by atoms with Gasteiger partial charge in [-0.2, -0.15) is 5.26 Å². The van der Waals surface area contributed by atoms with Crippen LogP contribution >= 0.6 is 0 Å². The molecule has 4 heteroatoms. The second-order valence-electron chi connectivity index (χ2n) is 4.90. The fraction of sp³-hybridized carbons (Fsp3) is 0.375. The number of nitrogens with zero attached hydrogens (tertiary/aromatic N) is 3. The van der Waals surface area contributed by atoms with E-state index in [0.717, 1.165) is 25.1 Å². The molecular formula is C16H20N4. The van der Waals surface area contributed by atoms with Crippen LogP contribution in [-0.2, 0) is 6.54 Å². The smallest absolute Gasteiger partial charge is 0.140 e. The second kappa shape index (κ2) is 6.88. The minimum atomic E-state index is 0.322. The maximum Gasteiger partial charge on any atom is 0.140 e. The number of pyridine rings is 1. The van der Waals surface area contributed by atoms with Crippen molar-refractivity contribution in [3.63, 3.8) is 0 Å². The summed E-state index contributed by atoms with van der Waals surface area (Å²) in [5.74, 6) is 0. The molecule has 1 N–H and O–H groups in total. The fourth-order valence-electron chi connectivity index (χ4n) is 2.26. The molecule has 0 aliphatic rings. The van der Waals surface area contributed by atoms with Gasteiger partial charge in [0.05, 0.1) is 0 Å². The number of aromatic nitrogens is 2. The normalized spacial score (nSPS) is 12.1. The molecule has 20 heavy (non-hydrogen) atoms. The van der Waals surface area contributed by atoms with E-state index >= 15 is 0 Å². The number of hydrogen-bond donors (Lipinski definition) is 1. The SMILES string of the molecule is CCCNC(C)c1cccn1Cc1ccnc(C#N)c1. The van der Waals surface area contributed by atoms with Crippen LogP contribution in [0, 0.1) is 11.3 Å². The summed E-state index contributed by atoms with van der Waals surface area (Å²) in [6, 6.07) is 10.4. The Kier molecular flexibility index (Phi) is 4.91. The Morgan fingerprint density at radius 2 is 2.30 bits per heavy atom. The summed E-state index contributed by atoms with van der Waals surface area (Å²) >= 11 is 0. The van der Waals surface area contributed by atoms with Crippen LogP contribution in [0.25, 0.3) is 0 Å². The maximum atomic E-state index is 8.90.